The van der Waals surface area contributed by atoms with Gasteiger partial charge in [0, 0.05) is 15.1 Å². The third-order valence-corrected chi connectivity index (χ3v) is 5.12. The van der Waals surface area contributed by atoms with E-state index in [1.807, 2.05) is 11.3 Å². The Morgan fingerprint density at radius 3 is 2.76 bits per heavy atom. The van der Waals surface area contributed by atoms with Gasteiger partial charge in [-0.05, 0) is 51.7 Å². The molecule has 0 aliphatic carbocycles. The smallest absolute Gasteiger partial charge is 0.357 e. The van der Waals surface area contributed by atoms with Crippen LogP contribution in [0.3, 0.4) is 0 Å². The molecule has 0 saturated carbocycles. The van der Waals surface area contributed by atoms with Crippen LogP contribution in [0.4, 0.5) is 0 Å². The fourth-order valence-corrected chi connectivity index (χ4v) is 3.84. The highest BCUT2D eigenvalue weighted by Gasteiger charge is 2.11. The Kier molecular flexibility index (Phi) is 6.39. The monoisotopic (exact) mass is 323 g/mol. The van der Waals surface area contributed by atoms with Crippen LogP contribution in [-0.2, 0) is 17.6 Å². The van der Waals surface area contributed by atoms with Crippen LogP contribution in [0.25, 0.3) is 0 Å². The van der Waals surface area contributed by atoms with Crippen LogP contribution in [0.2, 0.25) is 0 Å². The topological polar surface area (TPSA) is 39.2 Å². The van der Waals surface area contributed by atoms with Gasteiger partial charge in [-0.15, -0.1) is 22.7 Å². The molecule has 0 unspecified atom stereocenters. The number of aromatic nitrogens is 1. The molecule has 0 aromatic carbocycles. The lowest BCUT2D eigenvalue weighted by Crippen LogP contribution is -2.05. The van der Waals surface area contributed by atoms with Crippen LogP contribution in [0.15, 0.2) is 17.5 Å². The van der Waals surface area contributed by atoms with Crippen molar-refractivity contribution in [1.82, 2.24) is 4.98 Å². The zero-order chi connectivity index (χ0) is 15.1. The molecule has 2 aromatic heterocycles. The van der Waals surface area contributed by atoms with Gasteiger partial charge in [-0.2, -0.15) is 0 Å². The molecule has 3 nitrogen and oxygen atoms in total. The lowest BCUT2D eigenvalue weighted by Gasteiger charge is -1.99. The maximum Gasteiger partial charge on any atom is 0.357 e. The minimum Gasteiger partial charge on any atom is -0.461 e. The van der Waals surface area contributed by atoms with Crippen molar-refractivity contribution < 1.29 is 9.53 Å². The number of hydrogen-bond donors (Lipinski definition) is 0. The van der Waals surface area contributed by atoms with Crippen LogP contribution in [0, 0.1) is 6.92 Å². The molecule has 0 aliphatic heterocycles. The Morgan fingerprint density at radius 2 is 2.05 bits per heavy atom. The molecule has 0 spiro atoms. The highest BCUT2D eigenvalue weighted by Crippen LogP contribution is 2.19. The van der Waals surface area contributed by atoms with E-state index in [0.29, 0.717) is 12.3 Å². The van der Waals surface area contributed by atoms with E-state index in [0.717, 1.165) is 17.8 Å². The minimum atomic E-state index is -0.312. The summed E-state index contributed by atoms with van der Waals surface area (Å²) >= 11 is 3.44. The van der Waals surface area contributed by atoms with Gasteiger partial charge in [-0.3, -0.25) is 0 Å². The lowest BCUT2D eigenvalue weighted by molar-refractivity contribution is 0.0520. The summed E-state index contributed by atoms with van der Waals surface area (Å²) in [5.41, 5.74) is 0.450. The van der Waals surface area contributed by atoms with Gasteiger partial charge < -0.3 is 4.74 Å². The average Bonchev–Trinajstić information content (AvgIpc) is 3.08. The molecule has 0 saturated heterocycles. The molecule has 0 N–H and O–H groups in total. The Hall–Kier alpha value is -1.20. The second-order valence-corrected chi connectivity index (χ2v) is 7.24. The SMILES string of the molecule is CCOC(=O)c1csc(CCCCCc2ccc(C)s2)n1. The normalized spacial score (nSPS) is 10.8. The fourth-order valence-electron chi connectivity index (χ4n) is 2.10. The molecule has 0 amide bonds. The molecular weight excluding hydrogens is 302 g/mol. The van der Waals surface area contributed by atoms with Crippen molar-refractivity contribution in [3.63, 3.8) is 0 Å². The molecule has 0 radical (unpaired) electrons. The summed E-state index contributed by atoms with van der Waals surface area (Å²) in [6.07, 6.45) is 5.67. The molecule has 2 aromatic rings. The Bertz CT molecular complexity index is 574. The first-order valence-corrected chi connectivity index (χ1v) is 9.05. The summed E-state index contributed by atoms with van der Waals surface area (Å²) in [6.45, 7) is 4.35. The molecule has 0 fully saturated rings. The molecule has 114 valence electrons. The van der Waals surface area contributed by atoms with Crippen molar-refractivity contribution in [2.45, 2.75) is 46.0 Å². The fraction of sp³-hybridized carbons (Fsp3) is 0.500. The van der Waals surface area contributed by atoms with E-state index in [9.17, 15) is 4.79 Å². The average molecular weight is 323 g/mol. The second kappa shape index (κ2) is 8.29. The van der Waals surface area contributed by atoms with E-state index in [2.05, 4.69) is 24.0 Å². The summed E-state index contributed by atoms with van der Waals surface area (Å²) in [5, 5.41) is 2.83. The number of hydrogen-bond acceptors (Lipinski definition) is 5. The van der Waals surface area contributed by atoms with Crippen LogP contribution >= 0.6 is 22.7 Å². The zero-order valence-corrected chi connectivity index (χ0v) is 14.2. The summed E-state index contributed by atoms with van der Waals surface area (Å²) in [6, 6.07) is 4.42. The van der Waals surface area contributed by atoms with Gasteiger partial charge in [-0.25, -0.2) is 9.78 Å². The maximum absolute atomic E-state index is 11.5. The number of thiazole rings is 1. The van der Waals surface area contributed by atoms with Gasteiger partial charge in [0.2, 0.25) is 0 Å². The summed E-state index contributed by atoms with van der Waals surface area (Å²) in [5.74, 6) is -0.312. The predicted octanol–water partition coefficient (Wildman–Crippen LogP) is 4.65. The highest BCUT2D eigenvalue weighted by molar-refractivity contribution is 7.11. The second-order valence-electron chi connectivity index (χ2n) is 4.92. The predicted molar refractivity (Wildman–Crippen MR) is 88.4 cm³/mol. The van der Waals surface area contributed by atoms with Gasteiger partial charge in [0.25, 0.3) is 0 Å². The lowest BCUT2D eigenvalue weighted by atomic mass is 10.1. The number of ether oxygens (including phenoxy) is 1. The largest absolute Gasteiger partial charge is 0.461 e. The Morgan fingerprint density at radius 1 is 1.24 bits per heavy atom. The summed E-state index contributed by atoms with van der Waals surface area (Å²) < 4.78 is 4.94. The quantitative estimate of drug-likeness (QED) is 0.524. The number of thiophene rings is 1. The van der Waals surface area contributed by atoms with E-state index in [1.54, 1.807) is 23.6 Å². The molecule has 21 heavy (non-hydrogen) atoms. The first-order chi connectivity index (χ1) is 10.2. The number of unbranched alkanes of at least 4 members (excludes halogenated alkanes) is 2. The molecule has 5 heteroatoms. The number of carbonyl (C=O) groups excluding carboxylic acids is 1. The van der Waals surface area contributed by atoms with Crippen molar-refractivity contribution in [1.29, 1.82) is 0 Å². The zero-order valence-electron chi connectivity index (χ0n) is 12.6. The van der Waals surface area contributed by atoms with Crippen LogP contribution in [0.5, 0.6) is 0 Å². The van der Waals surface area contributed by atoms with Gasteiger partial charge in [0.05, 0.1) is 11.6 Å². The van der Waals surface area contributed by atoms with Gasteiger partial charge in [0.1, 0.15) is 0 Å². The first kappa shape index (κ1) is 16.2. The third-order valence-electron chi connectivity index (χ3n) is 3.15. The number of aryl methyl sites for hydroxylation is 3. The van der Waals surface area contributed by atoms with E-state index in [-0.39, 0.29) is 5.97 Å². The van der Waals surface area contributed by atoms with E-state index in [4.69, 9.17) is 4.74 Å². The Labute approximate surface area is 134 Å². The van der Waals surface area contributed by atoms with E-state index < -0.39 is 0 Å². The van der Waals surface area contributed by atoms with Crippen molar-refractivity contribution in [2.24, 2.45) is 0 Å². The Balaban J connectivity index is 1.65. The number of nitrogens with zero attached hydrogens (tertiary/aromatic N) is 1. The van der Waals surface area contributed by atoms with Gasteiger partial charge in [-0.1, -0.05) is 6.42 Å². The van der Waals surface area contributed by atoms with Crippen molar-refractivity contribution in [3.8, 4) is 0 Å². The number of rotatable bonds is 8. The standard InChI is InChI=1S/C16H21NO2S2/c1-3-19-16(18)14-11-20-15(17-14)8-6-4-5-7-13-10-9-12(2)21-13/h9-11H,3-8H2,1-2H3. The maximum atomic E-state index is 11.5. The third kappa shape index (κ3) is 5.25. The van der Waals surface area contributed by atoms with E-state index in [1.165, 1.54) is 29.0 Å². The minimum absolute atomic E-state index is 0.312. The molecule has 2 heterocycles. The van der Waals surface area contributed by atoms with Crippen LogP contribution in [-0.4, -0.2) is 17.6 Å². The van der Waals surface area contributed by atoms with Crippen molar-refractivity contribution in [2.75, 3.05) is 6.61 Å². The number of esters is 1. The molecule has 2 rings (SSSR count). The molecular formula is C16H21NO2S2. The van der Waals surface area contributed by atoms with Gasteiger partial charge in [0.15, 0.2) is 5.69 Å². The number of carbonyl (C=O) groups is 1. The first-order valence-electron chi connectivity index (χ1n) is 7.36. The molecule has 0 bridgehead atoms. The summed E-state index contributed by atoms with van der Waals surface area (Å²) in [7, 11) is 0. The summed E-state index contributed by atoms with van der Waals surface area (Å²) in [4.78, 5) is 18.7. The van der Waals surface area contributed by atoms with Crippen molar-refractivity contribution >= 4 is 28.6 Å². The van der Waals surface area contributed by atoms with Crippen molar-refractivity contribution in [3.05, 3.63) is 38.0 Å². The molecule has 0 atom stereocenters. The molecule has 0 aliphatic rings. The van der Waals surface area contributed by atoms with Crippen LogP contribution in [0.1, 0.15) is 51.4 Å². The van der Waals surface area contributed by atoms with Crippen LogP contribution < -0.4 is 0 Å². The van der Waals surface area contributed by atoms with Gasteiger partial charge >= 0.3 is 5.97 Å². The highest BCUT2D eigenvalue weighted by atomic mass is 32.1. The van der Waals surface area contributed by atoms with E-state index >= 15 is 0 Å².